The van der Waals surface area contributed by atoms with Crippen molar-refractivity contribution in [1.29, 1.82) is 0 Å². The molecule has 1 atom stereocenters. The van der Waals surface area contributed by atoms with Gasteiger partial charge in [0, 0.05) is 17.7 Å². The van der Waals surface area contributed by atoms with Gasteiger partial charge in [0.2, 0.25) is 5.88 Å². The largest absolute Gasteiger partial charge is 0.480 e. The molecule has 4 heteroatoms. The molecule has 14 heavy (non-hydrogen) atoms. The van der Waals surface area contributed by atoms with E-state index in [4.69, 9.17) is 4.74 Å². The number of hydrogen-bond donors (Lipinski definition) is 0. The summed E-state index contributed by atoms with van der Waals surface area (Å²) in [5, 5.41) is 8.18. The Bertz CT molecular complexity index is 283. The predicted molar refractivity (Wildman–Crippen MR) is 57.9 cm³/mol. The molecule has 0 bridgehead atoms. The van der Waals surface area contributed by atoms with Crippen molar-refractivity contribution in [3.8, 4) is 5.88 Å². The minimum atomic E-state index is 0.590. The number of ether oxygens (including phenoxy) is 1. The maximum atomic E-state index is 4.98. The second kappa shape index (κ2) is 4.64. The molecule has 1 aromatic rings. The Morgan fingerprint density at radius 3 is 2.93 bits per heavy atom. The second-order valence-electron chi connectivity index (χ2n) is 3.41. The van der Waals surface area contributed by atoms with Gasteiger partial charge >= 0.3 is 0 Å². The molecule has 1 fully saturated rings. The summed E-state index contributed by atoms with van der Waals surface area (Å²) in [5.74, 6) is 3.66. The van der Waals surface area contributed by atoms with E-state index in [-0.39, 0.29) is 0 Å². The Balaban J connectivity index is 2.07. The normalized spacial score (nSPS) is 21.9. The van der Waals surface area contributed by atoms with Crippen LogP contribution in [0.25, 0.3) is 0 Å². The predicted octanol–water partition coefficient (Wildman–Crippen LogP) is 2.10. The molecule has 1 aliphatic rings. The van der Waals surface area contributed by atoms with Gasteiger partial charge in [0.15, 0.2) is 0 Å². The highest BCUT2D eigenvalue weighted by molar-refractivity contribution is 7.99. The van der Waals surface area contributed by atoms with Gasteiger partial charge in [-0.25, -0.2) is 0 Å². The highest BCUT2D eigenvalue weighted by Crippen LogP contribution is 2.29. The van der Waals surface area contributed by atoms with Crippen LogP contribution in [-0.4, -0.2) is 28.8 Å². The monoisotopic (exact) mass is 210 g/mol. The number of hydrogen-bond acceptors (Lipinski definition) is 4. The van der Waals surface area contributed by atoms with Crippen molar-refractivity contribution in [2.45, 2.75) is 18.8 Å². The minimum Gasteiger partial charge on any atom is -0.480 e. The molecule has 0 aromatic carbocycles. The third kappa shape index (κ3) is 2.18. The number of thioether (sulfide) groups is 1. The molecule has 1 saturated heterocycles. The van der Waals surface area contributed by atoms with Gasteiger partial charge in [-0.15, -0.1) is 5.10 Å². The average molecular weight is 210 g/mol. The topological polar surface area (TPSA) is 35.0 Å². The van der Waals surface area contributed by atoms with Gasteiger partial charge in [-0.05, 0) is 24.7 Å². The maximum absolute atomic E-state index is 4.98. The van der Waals surface area contributed by atoms with E-state index in [1.165, 1.54) is 24.3 Å². The summed E-state index contributed by atoms with van der Waals surface area (Å²) in [7, 11) is 1.61. The first-order chi connectivity index (χ1) is 6.90. The van der Waals surface area contributed by atoms with E-state index in [9.17, 15) is 0 Å². The van der Waals surface area contributed by atoms with E-state index in [1.807, 2.05) is 23.9 Å². The van der Waals surface area contributed by atoms with Crippen LogP contribution in [0.15, 0.2) is 12.1 Å². The molecule has 1 aliphatic heterocycles. The highest BCUT2D eigenvalue weighted by Gasteiger charge is 2.17. The number of methoxy groups -OCH3 is 1. The summed E-state index contributed by atoms with van der Waals surface area (Å²) in [6, 6.07) is 3.92. The lowest BCUT2D eigenvalue weighted by molar-refractivity contribution is 0.390. The molecule has 0 saturated carbocycles. The Morgan fingerprint density at radius 2 is 2.36 bits per heavy atom. The Labute approximate surface area is 88.3 Å². The van der Waals surface area contributed by atoms with Crippen molar-refractivity contribution < 1.29 is 4.74 Å². The van der Waals surface area contributed by atoms with Crippen molar-refractivity contribution >= 4 is 11.8 Å². The zero-order valence-corrected chi connectivity index (χ0v) is 9.09. The first kappa shape index (κ1) is 9.77. The van der Waals surface area contributed by atoms with Crippen LogP contribution in [0.4, 0.5) is 0 Å². The zero-order chi connectivity index (χ0) is 9.80. The number of nitrogens with zero attached hydrogens (tertiary/aromatic N) is 2. The van der Waals surface area contributed by atoms with Gasteiger partial charge < -0.3 is 4.74 Å². The molecule has 0 radical (unpaired) electrons. The van der Waals surface area contributed by atoms with E-state index >= 15 is 0 Å². The van der Waals surface area contributed by atoms with Gasteiger partial charge in [-0.3, -0.25) is 0 Å². The number of aromatic nitrogens is 2. The second-order valence-corrected chi connectivity index (χ2v) is 4.56. The fourth-order valence-electron chi connectivity index (χ4n) is 1.63. The van der Waals surface area contributed by atoms with Crippen LogP contribution in [0.1, 0.15) is 24.5 Å². The molecule has 2 heterocycles. The smallest absolute Gasteiger partial charge is 0.233 e. The molecule has 0 amide bonds. The Hall–Kier alpha value is -0.770. The SMILES string of the molecule is COc1ccc(C2CCCSC2)nn1. The minimum absolute atomic E-state index is 0.590. The van der Waals surface area contributed by atoms with E-state index < -0.39 is 0 Å². The Kier molecular flexibility index (Phi) is 3.24. The van der Waals surface area contributed by atoms with Crippen LogP contribution < -0.4 is 4.74 Å². The van der Waals surface area contributed by atoms with Gasteiger partial charge in [0.05, 0.1) is 12.8 Å². The Morgan fingerprint density at radius 1 is 1.43 bits per heavy atom. The fourth-order valence-corrected chi connectivity index (χ4v) is 2.79. The molecular weight excluding hydrogens is 196 g/mol. The van der Waals surface area contributed by atoms with Crippen LogP contribution in [0.3, 0.4) is 0 Å². The quantitative estimate of drug-likeness (QED) is 0.748. The van der Waals surface area contributed by atoms with E-state index in [0.29, 0.717) is 11.8 Å². The number of rotatable bonds is 2. The van der Waals surface area contributed by atoms with Gasteiger partial charge in [-0.1, -0.05) is 0 Å². The van der Waals surface area contributed by atoms with Crippen LogP contribution in [0.5, 0.6) is 5.88 Å². The molecule has 0 aliphatic carbocycles. The summed E-state index contributed by atoms with van der Waals surface area (Å²) in [5.41, 5.74) is 1.11. The van der Waals surface area contributed by atoms with Gasteiger partial charge in [0.25, 0.3) is 0 Å². The van der Waals surface area contributed by atoms with Crippen molar-refractivity contribution in [3.63, 3.8) is 0 Å². The summed E-state index contributed by atoms with van der Waals surface area (Å²) in [4.78, 5) is 0. The summed E-state index contributed by atoms with van der Waals surface area (Å²) < 4.78 is 4.98. The maximum Gasteiger partial charge on any atom is 0.233 e. The fraction of sp³-hybridized carbons (Fsp3) is 0.600. The average Bonchev–Trinajstić information content (AvgIpc) is 2.30. The van der Waals surface area contributed by atoms with Crippen molar-refractivity contribution in [2.24, 2.45) is 0 Å². The molecule has 76 valence electrons. The first-order valence-electron chi connectivity index (χ1n) is 4.85. The molecule has 0 N–H and O–H groups in total. The molecule has 2 rings (SSSR count). The zero-order valence-electron chi connectivity index (χ0n) is 8.27. The van der Waals surface area contributed by atoms with Crippen molar-refractivity contribution in [1.82, 2.24) is 10.2 Å². The van der Waals surface area contributed by atoms with Crippen LogP contribution >= 0.6 is 11.8 Å². The third-order valence-corrected chi connectivity index (χ3v) is 3.66. The van der Waals surface area contributed by atoms with E-state index in [0.717, 1.165) is 5.69 Å². The standard InChI is InChI=1S/C10H14N2OS/c1-13-10-5-4-9(11-12-10)8-3-2-6-14-7-8/h4-5,8H,2-3,6-7H2,1H3. The van der Waals surface area contributed by atoms with Crippen molar-refractivity contribution in [2.75, 3.05) is 18.6 Å². The van der Waals surface area contributed by atoms with Crippen molar-refractivity contribution in [3.05, 3.63) is 17.8 Å². The first-order valence-corrected chi connectivity index (χ1v) is 6.01. The third-order valence-electron chi connectivity index (χ3n) is 2.45. The van der Waals surface area contributed by atoms with Crippen LogP contribution in [-0.2, 0) is 0 Å². The van der Waals surface area contributed by atoms with E-state index in [1.54, 1.807) is 7.11 Å². The van der Waals surface area contributed by atoms with Crippen LogP contribution in [0.2, 0.25) is 0 Å². The van der Waals surface area contributed by atoms with Crippen LogP contribution in [0, 0.1) is 0 Å². The molecular formula is C10H14N2OS. The lowest BCUT2D eigenvalue weighted by Gasteiger charge is -2.19. The molecule has 1 aromatic heterocycles. The molecule has 0 spiro atoms. The molecule has 1 unspecified atom stereocenters. The summed E-state index contributed by atoms with van der Waals surface area (Å²) >= 11 is 2.01. The lowest BCUT2D eigenvalue weighted by Crippen LogP contribution is -2.10. The lowest BCUT2D eigenvalue weighted by atomic mass is 10.0. The van der Waals surface area contributed by atoms with Gasteiger partial charge in [0.1, 0.15) is 0 Å². The van der Waals surface area contributed by atoms with Gasteiger partial charge in [-0.2, -0.15) is 16.9 Å². The van der Waals surface area contributed by atoms with E-state index in [2.05, 4.69) is 10.2 Å². The summed E-state index contributed by atoms with van der Waals surface area (Å²) in [6.07, 6.45) is 2.54. The molecule has 3 nitrogen and oxygen atoms in total. The summed E-state index contributed by atoms with van der Waals surface area (Å²) in [6.45, 7) is 0. The highest BCUT2D eigenvalue weighted by atomic mass is 32.2.